The number of fused-ring (bicyclic) bond motifs is 1. The van der Waals surface area contributed by atoms with Crippen LogP contribution >= 0.6 is 11.6 Å². The topological polar surface area (TPSA) is 55.4 Å². The molecule has 23 heavy (non-hydrogen) atoms. The van der Waals surface area contributed by atoms with Crippen molar-refractivity contribution in [1.29, 1.82) is 0 Å². The van der Waals surface area contributed by atoms with E-state index in [0.29, 0.717) is 27.6 Å². The van der Waals surface area contributed by atoms with Crippen LogP contribution in [0.1, 0.15) is 24.2 Å². The van der Waals surface area contributed by atoms with Crippen LogP contribution in [0.4, 0.5) is 5.69 Å². The van der Waals surface area contributed by atoms with Gasteiger partial charge in [-0.25, -0.2) is 0 Å². The Labute approximate surface area is 138 Å². The van der Waals surface area contributed by atoms with Crippen LogP contribution in [0, 0.1) is 0 Å². The summed E-state index contributed by atoms with van der Waals surface area (Å²) in [6.07, 6.45) is 0.159. The molecular weight excluding hydrogens is 314 g/mol. The van der Waals surface area contributed by atoms with Crippen LogP contribution in [0.25, 0.3) is 5.03 Å². The summed E-state index contributed by atoms with van der Waals surface area (Å²) in [6, 6.07) is 14.5. The zero-order valence-electron chi connectivity index (χ0n) is 12.4. The maximum Gasteiger partial charge on any atom is 0.221 e. The largest absolute Gasteiger partial charge is 0.480 e. The van der Waals surface area contributed by atoms with Crippen molar-refractivity contribution in [1.82, 2.24) is 0 Å². The first kappa shape index (κ1) is 15.3. The van der Waals surface area contributed by atoms with Gasteiger partial charge in [0.15, 0.2) is 12.4 Å². The Morgan fingerprint density at radius 2 is 1.96 bits per heavy atom. The molecule has 2 aromatic carbocycles. The lowest BCUT2D eigenvalue weighted by atomic mass is 9.96. The van der Waals surface area contributed by atoms with Crippen molar-refractivity contribution in [2.45, 2.75) is 13.0 Å². The van der Waals surface area contributed by atoms with Gasteiger partial charge in [-0.2, -0.15) is 0 Å². The van der Waals surface area contributed by atoms with Crippen molar-refractivity contribution in [2.75, 3.05) is 5.32 Å². The Balaban J connectivity index is 2.07. The van der Waals surface area contributed by atoms with E-state index in [1.165, 1.54) is 6.92 Å². The lowest BCUT2D eigenvalue weighted by Crippen LogP contribution is -2.17. The summed E-state index contributed by atoms with van der Waals surface area (Å²) in [5, 5.41) is 3.07. The van der Waals surface area contributed by atoms with Crippen LogP contribution < -0.4 is 10.1 Å². The molecule has 0 aliphatic carbocycles. The van der Waals surface area contributed by atoms with Crippen molar-refractivity contribution in [3.8, 4) is 5.75 Å². The van der Waals surface area contributed by atoms with E-state index in [1.54, 1.807) is 18.2 Å². The van der Waals surface area contributed by atoms with E-state index in [9.17, 15) is 9.59 Å². The third kappa shape index (κ3) is 2.98. The number of carbonyl (C=O) groups is 2. The molecule has 3 rings (SSSR count). The maximum atomic E-state index is 11.5. The molecule has 1 aliphatic heterocycles. The maximum absolute atomic E-state index is 11.5. The molecule has 1 amide bonds. The number of hydrogen-bond acceptors (Lipinski definition) is 3. The number of anilines is 1. The van der Waals surface area contributed by atoms with Gasteiger partial charge in [-0.1, -0.05) is 41.9 Å². The number of aldehydes is 1. The molecular formula is C18H14ClNO3. The quantitative estimate of drug-likeness (QED) is 0.869. The predicted molar refractivity (Wildman–Crippen MR) is 89.4 cm³/mol. The Morgan fingerprint density at radius 3 is 2.61 bits per heavy atom. The molecule has 0 saturated heterocycles. The Kier molecular flexibility index (Phi) is 4.17. The highest BCUT2D eigenvalue weighted by atomic mass is 35.5. The van der Waals surface area contributed by atoms with Crippen molar-refractivity contribution >= 4 is 34.5 Å². The molecule has 1 aliphatic rings. The van der Waals surface area contributed by atoms with Crippen LogP contribution in [0.15, 0.2) is 54.1 Å². The highest BCUT2D eigenvalue weighted by Gasteiger charge is 2.29. The number of halogens is 1. The lowest BCUT2D eigenvalue weighted by molar-refractivity contribution is -0.114. The molecule has 0 radical (unpaired) electrons. The number of rotatable bonds is 3. The Bertz CT molecular complexity index is 799. The molecule has 5 heteroatoms. The Hall–Kier alpha value is -2.59. The van der Waals surface area contributed by atoms with Crippen LogP contribution in [0.5, 0.6) is 5.75 Å². The summed E-state index contributed by atoms with van der Waals surface area (Å²) >= 11 is 6.40. The van der Waals surface area contributed by atoms with Gasteiger partial charge in [0.1, 0.15) is 5.75 Å². The van der Waals surface area contributed by atoms with Crippen molar-refractivity contribution in [3.05, 3.63) is 65.2 Å². The SMILES string of the molecule is CC(=O)Nc1ccc2c(c1)OC(c1ccccc1)C(C=O)=C2Cl. The number of amides is 1. The number of benzene rings is 2. The fraction of sp³-hybridized carbons (Fsp3) is 0.111. The monoisotopic (exact) mass is 327 g/mol. The van der Waals surface area contributed by atoms with E-state index >= 15 is 0 Å². The zero-order valence-corrected chi connectivity index (χ0v) is 13.1. The number of hydrogen-bond donors (Lipinski definition) is 1. The first-order chi connectivity index (χ1) is 11.1. The van der Waals surface area contributed by atoms with Gasteiger partial charge < -0.3 is 10.1 Å². The summed E-state index contributed by atoms with van der Waals surface area (Å²) in [6.45, 7) is 1.43. The normalized spacial score (nSPS) is 16.3. The summed E-state index contributed by atoms with van der Waals surface area (Å²) in [4.78, 5) is 22.7. The average Bonchev–Trinajstić information content (AvgIpc) is 2.54. The molecule has 0 spiro atoms. The highest BCUT2D eigenvalue weighted by Crippen LogP contribution is 2.44. The summed E-state index contributed by atoms with van der Waals surface area (Å²) < 4.78 is 5.99. The van der Waals surface area contributed by atoms with E-state index in [1.807, 2.05) is 30.3 Å². The second-order valence-electron chi connectivity index (χ2n) is 5.19. The minimum absolute atomic E-state index is 0.171. The molecule has 1 unspecified atom stereocenters. The first-order valence-electron chi connectivity index (χ1n) is 7.08. The summed E-state index contributed by atoms with van der Waals surface area (Å²) in [5.74, 6) is 0.358. The van der Waals surface area contributed by atoms with Crippen LogP contribution in [0.3, 0.4) is 0 Å². The number of carbonyl (C=O) groups excluding carboxylic acids is 2. The standard InChI is InChI=1S/C18H14ClNO3/c1-11(22)20-13-7-8-14-16(9-13)23-18(15(10-21)17(14)19)12-5-3-2-4-6-12/h2-10,18H,1H3,(H,20,22). The smallest absolute Gasteiger partial charge is 0.221 e. The van der Waals surface area contributed by atoms with Gasteiger partial charge in [0.25, 0.3) is 0 Å². The van der Waals surface area contributed by atoms with Gasteiger partial charge in [-0.3, -0.25) is 9.59 Å². The lowest BCUT2D eigenvalue weighted by Gasteiger charge is -2.27. The molecule has 0 saturated carbocycles. The van der Waals surface area contributed by atoms with Crippen LogP contribution in [0.2, 0.25) is 0 Å². The molecule has 1 heterocycles. The van der Waals surface area contributed by atoms with E-state index in [2.05, 4.69) is 5.32 Å². The van der Waals surface area contributed by atoms with Crippen molar-refractivity contribution in [3.63, 3.8) is 0 Å². The van der Waals surface area contributed by atoms with Gasteiger partial charge in [-0.05, 0) is 17.7 Å². The fourth-order valence-corrected chi connectivity index (χ4v) is 2.83. The van der Waals surface area contributed by atoms with Gasteiger partial charge in [0.2, 0.25) is 5.91 Å². The van der Waals surface area contributed by atoms with Crippen LogP contribution in [-0.4, -0.2) is 12.2 Å². The second kappa shape index (κ2) is 6.26. The first-order valence-corrected chi connectivity index (χ1v) is 7.46. The third-order valence-corrected chi connectivity index (χ3v) is 3.97. The van der Waals surface area contributed by atoms with Gasteiger partial charge in [0, 0.05) is 24.2 Å². The molecule has 0 bridgehead atoms. The van der Waals surface area contributed by atoms with Gasteiger partial charge in [0.05, 0.1) is 10.6 Å². The number of ether oxygens (including phenoxy) is 1. The van der Waals surface area contributed by atoms with Gasteiger partial charge >= 0.3 is 0 Å². The zero-order chi connectivity index (χ0) is 16.4. The van der Waals surface area contributed by atoms with E-state index in [4.69, 9.17) is 16.3 Å². The molecule has 2 aromatic rings. The van der Waals surface area contributed by atoms with E-state index in [-0.39, 0.29) is 5.91 Å². The van der Waals surface area contributed by atoms with Crippen molar-refractivity contribution < 1.29 is 14.3 Å². The second-order valence-corrected chi connectivity index (χ2v) is 5.57. The molecule has 116 valence electrons. The molecule has 1 N–H and O–H groups in total. The van der Waals surface area contributed by atoms with Gasteiger partial charge in [-0.15, -0.1) is 0 Å². The fourth-order valence-electron chi connectivity index (χ4n) is 2.53. The highest BCUT2D eigenvalue weighted by molar-refractivity contribution is 6.51. The average molecular weight is 328 g/mol. The van der Waals surface area contributed by atoms with E-state index in [0.717, 1.165) is 11.8 Å². The summed E-state index contributed by atoms with van der Waals surface area (Å²) in [7, 11) is 0. The van der Waals surface area contributed by atoms with Crippen LogP contribution in [-0.2, 0) is 9.59 Å². The molecule has 0 fully saturated rings. The van der Waals surface area contributed by atoms with Crippen molar-refractivity contribution in [2.24, 2.45) is 0 Å². The third-order valence-electron chi connectivity index (χ3n) is 3.55. The molecule has 4 nitrogen and oxygen atoms in total. The molecule has 1 atom stereocenters. The molecule has 0 aromatic heterocycles. The summed E-state index contributed by atoms with van der Waals surface area (Å²) in [5.41, 5.74) is 2.47. The minimum Gasteiger partial charge on any atom is -0.480 e. The number of nitrogens with one attached hydrogen (secondary N) is 1. The Morgan fingerprint density at radius 1 is 1.22 bits per heavy atom. The minimum atomic E-state index is -0.568. The van der Waals surface area contributed by atoms with E-state index < -0.39 is 6.10 Å². The predicted octanol–water partition coefficient (Wildman–Crippen LogP) is 3.93.